The lowest BCUT2D eigenvalue weighted by atomic mass is 9.98. The van der Waals surface area contributed by atoms with E-state index in [1.165, 1.54) is 12.8 Å². The number of carbonyl (C=O) groups is 1. The van der Waals surface area contributed by atoms with Gasteiger partial charge in [0.15, 0.2) is 0 Å². The maximum atomic E-state index is 12.9. The quantitative estimate of drug-likeness (QED) is 0.655. The molecule has 0 spiro atoms. The number of carbonyl (C=O) groups excluding carboxylic acids is 1. The number of ether oxygens (including phenoxy) is 1. The number of amides is 1. The van der Waals surface area contributed by atoms with E-state index in [0.717, 1.165) is 28.6 Å². The minimum Gasteiger partial charge on any atom is -1.00 e. The second kappa shape index (κ2) is 8.00. The van der Waals surface area contributed by atoms with Gasteiger partial charge in [0, 0.05) is 31.1 Å². The number of nitrogens with zero attached hydrogens (tertiary/aromatic N) is 2. The Morgan fingerprint density at radius 2 is 1.81 bits per heavy atom. The van der Waals surface area contributed by atoms with E-state index in [4.69, 9.17) is 4.74 Å². The van der Waals surface area contributed by atoms with Crippen molar-refractivity contribution in [2.45, 2.75) is 50.4 Å². The summed E-state index contributed by atoms with van der Waals surface area (Å²) in [7, 11) is 4.66. The molecule has 2 aromatic rings. The van der Waals surface area contributed by atoms with Gasteiger partial charge in [-0.2, -0.15) is 22.7 Å². The molecule has 142 valence electrons. The van der Waals surface area contributed by atoms with E-state index in [9.17, 15) is 4.79 Å². The van der Waals surface area contributed by atoms with Crippen LogP contribution in [0.1, 0.15) is 31.2 Å². The third-order valence-electron chi connectivity index (χ3n) is 6.01. The highest BCUT2D eigenvalue weighted by Crippen LogP contribution is 2.40. The first-order chi connectivity index (χ1) is 12.0. The summed E-state index contributed by atoms with van der Waals surface area (Å²) < 4.78 is 7.08. The lowest BCUT2D eigenvalue weighted by Gasteiger charge is -2.44. The molecule has 26 heavy (non-hydrogen) atoms. The minimum atomic E-state index is -0.207. The zero-order chi connectivity index (χ0) is 17.4. The summed E-state index contributed by atoms with van der Waals surface area (Å²) >= 11 is 3.26. The average Bonchev–Trinajstić information content (AvgIpc) is 3.28. The normalized spacial score (nSPS) is 26.2. The highest BCUT2D eigenvalue weighted by molar-refractivity contribution is 7.08. The number of rotatable bonds is 4. The molecule has 0 aromatic carbocycles. The van der Waals surface area contributed by atoms with Crippen LogP contribution < -0.4 is 21.9 Å². The Morgan fingerprint density at radius 3 is 2.38 bits per heavy atom. The molecule has 2 fully saturated rings. The van der Waals surface area contributed by atoms with Gasteiger partial charge in [-0.15, -0.1) is 0 Å². The molecule has 0 aliphatic carbocycles. The Bertz CT molecular complexity index is 702. The van der Waals surface area contributed by atoms with Crippen LogP contribution in [0, 0.1) is 0 Å². The van der Waals surface area contributed by atoms with Crippen molar-refractivity contribution in [3.8, 4) is 0 Å². The second-order valence-electron chi connectivity index (χ2n) is 7.69. The Balaban J connectivity index is 0.00000196. The van der Waals surface area contributed by atoms with Crippen molar-refractivity contribution < 1.29 is 31.0 Å². The Kier molecular flexibility index (Phi) is 6.11. The predicted molar refractivity (Wildman–Crippen MR) is 103 cm³/mol. The van der Waals surface area contributed by atoms with E-state index in [2.05, 4.69) is 25.5 Å². The smallest absolute Gasteiger partial charge is 0.414 e. The van der Waals surface area contributed by atoms with Crippen LogP contribution in [0.3, 0.4) is 0 Å². The highest BCUT2D eigenvalue weighted by atomic mass is 79.9. The zero-order valence-corrected chi connectivity index (χ0v) is 18.4. The summed E-state index contributed by atoms with van der Waals surface area (Å²) in [5, 5.41) is 8.15. The van der Waals surface area contributed by atoms with Crippen LogP contribution in [0.25, 0.3) is 0 Å². The van der Waals surface area contributed by atoms with Gasteiger partial charge in [-0.1, -0.05) is 0 Å². The molecule has 7 heteroatoms. The lowest BCUT2D eigenvalue weighted by molar-refractivity contribution is -0.931. The fourth-order valence-electron chi connectivity index (χ4n) is 4.37. The van der Waals surface area contributed by atoms with Crippen LogP contribution in [-0.4, -0.2) is 42.9 Å². The fraction of sp³-hybridized carbons (Fsp3) is 0.526. The van der Waals surface area contributed by atoms with E-state index in [1.54, 1.807) is 27.6 Å². The summed E-state index contributed by atoms with van der Waals surface area (Å²) in [4.78, 5) is 14.7. The van der Waals surface area contributed by atoms with Gasteiger partial charge in [0.25, 0.3) is 0 Å². The van der Waals surface area contributed by atoms with Gasteiger partial charge in [-0.25, -0.2) is 4.79 Å². The van der Waals surface area contributed by atoms with Crippen molar-refractivity contribution in [3.05, 3.63) is 39.2 Å². The molecule has 4 rings (SSSR count). The van der Waals surface area contributed by atoms with Gasteiger partial charge >= 0.3 is 6.09 Å². The Morgan fingerprint density at radius 1 is 1.15 bits per heavy atom. The molecule has 0 N–H and O–H groups in total. The maximum absolute atomic E-state index is 12.9. The number of anilines is 1. The van der Waals surface area contributed by atoms with Crippen molar-refractivity contribution in [2.75, 3.05) is 19.0 Å². The van der Waals surface area contributed by atoms with Crippen LogP contribution in [0.5, 0.6) is 0 Å². The van der Waals surface area contributed by atoms with Crippen molar-refractivity contribution in [1.29, 1.82) is 0 Å². The lowest BCUT2D eigenvalue weighted by Crippen LogP contribution is -3.00. The first-order valence-corrected chi connectivity index (χ1v) is 10.8. The SMILES string of the molecule is C[N+]1(C)[C@@H]2CC[C@H]1C[C@@H](OC(=O)N(Cc1ccsc1)c1ccsc1)C2.[Br-]. The topological polar surface area (TPSA) is 29.5 Å². The summed E-state index contributed by atoms with van der Waals surface area (Å²) in [5.74, 6) is 0. The number of quaternary nitrogens is 1. The Labute approximate surface area is 173 Å². The Hall–Kier alpha value is -0.890. The molecule has 3 atom stereocenters. The molecule has 2 saturated heterocycles. The van der Waals surface area contributed by atoms with Gasteiger partial charge in [0.05, 0.1) is 38.4 Å². The number of hydrogen-bond donors (Lipinski definition) is 0. The summed E-state index contributed by atoms with van der Waals surface area (Å²) in [6.07, 6.45) is 4.35. The second-order valence-corrected chi connectivity index (χ2v) is 9.25. The van der Waals surface area contributed by atoms with Crippen molar-refractivity contribution >= 4 is 34.5 Å². The van der Waals surface area contributed by atoms with Crippen molar-refractivity contribution in [1.82, 2.24) is 0 Å². The first-order valence-electron chi connectivity index (χ1n) is 8.89. The van der Waals surface area contributed by atoms with Gasteiger partial charge in [-0.3, -0.25) is 4.90 Å². The van der Waals surface area contributed by atoms with Crippen LogP contribution in [0.4, 0.5) is 10.5 Å². The van der Waals surface area contributed by atoms with E-state index < -0.39 is 0 Å². The highest BCUT2D eigenvalue weighted by Gasteiger charge is 2.50. The number of thiophene rings is 2. The minimum absolute atomic E-state index is 0. The molecule has 1 amide bonds. The molecule has 2 aliphatic rings. The van der Waals surface area contributed by atoms with Gasteiger partial charge in [-0.05, 0) is 33.8 Å². The molecule has 2 aliphatic heterocycles. The van der Waals surface area contributed by atoms with Gasteiger partial charge in [0.2, 0.25) is 0 Å². The number of halogens is 1. The molecule has 4 nitrogen and oxygen atoms in total. The van der Waals surface area contributed by atoms with Crippen molar-refractivity contribution in [3.63, 3.8) is 0 Å². The standard InChI is InChI=1S/C19H25N2O2S2.BrH/c1-21(2)16-3-4-17(21)10-18(9-16)23-19(22)20(15-6-8-25-13-15)11-14-5-7-24-12-14;/h5-8,12-13,16-18H,3-4,9-11H2,1-2H3;1H/q+1;/p-1/t16-,17+,18+;. The summed E-state index contributed by atoms with van der Waals surface area (Å²) in [5.41, 5.74) is 2.07. The summed E-state index contributed by atoms with van der Waals surface area (Å²) in [6.45, 7) is 0.570. The predicted octanol–water partition coefficient (Wildman–Crippen LogP) is 1.73. The van der Waals surface area contributed by atoms with Crippen LogP contribution >= 0.6 is 22.7 Å². The molecule has 2 bridgehead atoms. The van der Waals surface area contributed by atoms with Crippen molar-refractivity contribution in [2.24, 2.45) is 0 Å². The van der Waals surface area contributed by atoms with Crippen LogP contribution in [0.15, 0.2) is 33.7 Å². The first kappa shape index (κ1) is 19.9. The molecule has 0 unspecified atom stereocenters. The van der Waals surface area contributed by atoms with Gasteiger partial charge in [0.1, 0.15) is 6.10 Å². The zero-order valence-electron chi connectivity index (χ0n) is 15.1. The number of piperidine rings is 1. The molecule has 0 radical (unpaired) electrons. The molecule has 2 aromatic heterocycles. The third kappa shape index (κ3) is 3.86. The van der Waals surface area contributed by atoms with E-state index in [0.29, 0.717) is 18.6 Å². The molecular weight excluding hydrogens is 432 g/mol. The molecular formula is C19H25BrN2O2S2. The monoisotopic (exact) mass is 456 g/mol. The molecule has 4 heterocycles. The van der Waals surface area contributed by atoms with Gasteiger partial charge < -0.3 is 26.2 Å². The van der Waals surface area contributed by atoms with Crippen LogP contribution in [-0.2, 0) is 11.3 Å². The fourth-order valence-corrected chi connectivity index (χ4v) is 5.67. The van der Waals surface area contributed by atoms with Crippen LogP contribution in [0.2, 0.25) is 0 Å². The van der Waals surface area contributed by atoms with E-state index >= 15 is 0 Å². The largest absolute Gasteiger partial charge is 1.00 e. The number of hydrogen-bond acceptors (Lipinski definition) is 4. The number of fused-ring (bicyclic) bond motifs is 2. The van der Waals surface area contributed by atoms with E-state index in [1.807, 2.05) is 22.2 Å². The maximum Gasteiger partial charge on any atom is 0.414 e. The van der Waals surface area contributed by atoms with E-state index in [-0.39, 0.29) is 29.2 Å². The molecule has 0 saturated carbocycles. The average molecular weight is 457 g/mol. The summed E-state index contributed by atoms with van der Waals surface area (Å²) in [6, 6.07) is 5.31. The third-order valence-corrected chi connectivity index (χ3v) is 7.41.